The number of hydrogen-bond acceptors (Lipinski definition) is 6. The third kappa shape index (κ3) is 4.21. The Morgan fingerprint density at radius 1 is 1.24 bits per heavy atom. The summed E-state index contributed by atoms with van der Waals surface area (Å²) in [5.41, 5.74) is 0.766. The van der Waals surface area contributed by atoms with Crippen LogP contribution in [0, 0.1) is 5.82 Å². The Morgan fingerprint density at radius 3 is 2.68 bits per heavy atom. The van der Waals surface area contributed by atoms with Crippen LogP contribution in [0.25, 0.3) is 5.95 Å². The molecule has 0 fully saturated rings. The van der Waals surface area contributed by atoms with Crippen molar-refractivity contribution in [3.63, 3.8) is 0 Å². The summed E-state index contributed by atoms with van der Waals surface area (Å²) in [4.78, 5) is 24.3. The van der Waals surface area contributed by atoms with Crippen molar-refractivity contribution in [2.45, 2.75) is 19.6 Å². The quantitative estimate of drug-likeness (QED) is 0.733. The first kappa shape index (κ1) is 16.7. The normalized spacial score (nSPS) is 11.9. The van der Waals surface area contributed by atoms with Crippen molar-refractivity contribution in [1.29, 1.82) is 0 Å². The Bertz CT molecular complexity index is 837. The number of anilines is 1. The molecule has 0 aliphatic rings. The van der Waals surface area contributed by atoms with Crippen LogP contribution in [0.3, 0.4) is 0 Å². The zero-order valence-corrected chi connectivity index (χ0v) is 13.3. The van der Waals surface area contributed by atoms with Gasteiger partial charge in [0.2, 0.25) is 5.95 Å². The van der Waals surface area contributed by atoms with E-state index in [0.717, 1.165) is 5.56 Å². The van der Waals surface area contributed by atoms with Gasteiger partial charge in [0.1, 0.15) is 18.2 Å². The highest BCUT2D eigenvalue weighted by Gasteiger charge is 2.18. The Hall–Kier alpha value is -3.20. The van der Waals surface area contributed by atoms with Crippen LogP contribution in [0.2, 0.25) is 0 Å². The van der Waals surface area contributed by atoms with E-state index in [9.17, 15) is 9.18 Å². The number of carbonyl (C=O) groups excluding carboxylic acids is 1. The van der Waals surface area contributed by atoms with Gasteiger partial charge >= 0.3 is 0 Å². The molecule has 3 rings (SSSR count). The van der Waals surface area contributed by atoms with Gasteiger partial charge in [-0.15, -0.1) is 0 Å². The molecule has 1 N–H and O–H groups in total. The van der Waals surface area contributed by atoms with Crippen LogP contribution >= 0.6 is 0 Å². The molecule has 0 bridgehead atoms. The van der Waals surface area contributed by atoms with Gasteiger partial charge in [-0.3, -0.25) is 10.1 Å². The highest BCUT2D eigenvalue weighted by molar-refractivity contribution is 5.92. The number of nitrogens with one attached hydrogen (secondary N) is 1. The number of hydrogen-bond donors (Lipinski definition) is 1. The van der Waals surface area contributed by atoms with Crippen LogP contribution in [-0.2, 0) is 16.1 Å². The number of rotatable bonds is 6. The Labute approximate surface area is 142 Å². The van der Waals surface area contributed by atoms with E-state index in [0.29, 0.717) is 0 Å². The molecule has 9 heteroatoms. The molecule has 1 amide bonds. The van der Waals surface area contributed by atoms with Crippen molar-refractivity contribution in [3.8, 4) is 5.95 Å². The standard InChI is InChI=1S/C16H15FN6O2/c1-11(25-9-12-3-5-13(17)6-4-12)14(24)22-16-20-10-21-23(16)15-18-7-2-8-19-15/h2-8,10-11H,9H2,1H3,(H,20,21,22,24). The molecule has 1 unspecified atom stereocenters. The molecule has 0 saturated heterocycles. The van der Waals surface area contributed by atoms with Crippen LogP contribution in [0.4, 0.5) is 10.3 Å². The van der Waals surface area contributed by atoms with Crippen LogP contribution in [0.5, 0.6) is 0 Å². The minimum Gasteiger partial charge on any atom is -0.364 e. The van der Waals surface area contributed by atoms with Crippen molar-refractivity contribution in [2.75, 3.05) is 5.32 Å². The van der Waals surface area contributed by atoms with Gasteiger partial charge < -0.3 is 4.74 Å². The van der Waals surface area contributed by atoms with E-state index >= 15 is 0 Å². The van der Waals surface area contributed by atoms with E-state index in [1.165, 1.54) is 23.1 Å². The molecule has 2 heterocycles. The third-order valence-electron chi connectivity index (χ3n) is 3.31. The monoisotopic (exact) mass is 342 g/mol. The van der Waals surface area contributed by atoms with Gasteiger partial charge in [0.15, 0.2) is 0 Å². The first-order valence-corrected chi connectivity index (χ1v) is 7.48. The van der Waals surface area contributed by atoms with Crippen LogP contribution in [0.15, 0.2) is 49.1 Å². The van der Waals surface area contributed by atoms with Crippen LogP contribution in [-0.4, -0.2) is 36.7 Å². The van der Waals surface area contributed by atoms with Gasteiger partial charge in [-0.1, -0.05) is 12.1 Å². The summed E-state index contributed by atoms with van der Waals surface area (Å²) in [6, 6.07) is 7.55. The molecule has 0 aliphatic carbocycles. The molecule has 0 spiro atoms. The van der Waals surface area contributed by atoms with Crippen molar-refractivity contribution < 1.29 is 13.9 Å². The average Bonchev–Trinajstić information content (AvgIpc) is 3.09. The van der Waals surface area contributed by atoms with Crippen molar-refractivity contribution in [2.24, 2.45) is 0 Å². The summed E-state index contributed by atoms with van der Waals surface area (Å²) in [6.45, 7) is 1.79. The molecule has 2 aromatic heterocycles. The minimum absolute atomic E-state index is 0.184. The van der Waals surface area contributed by atoms with Crippen molar-refractivity contribution in [1.82, 2.24) is 24.7 Å². The lowest BCUT2D eigenvalue weighted by Gasteiger charge is -2.13. The molecular weight excluding hydrogens is 327 g/mol. The number of benzene rings is 1. The number of ether oxygens (including phenoxy) is 1. The van der Waals surface area contributed by atoms with Gasteiger partial charge in [-0.25, -0.2) is 14.4 Å². The Kier molecular flexibility index (Phi) is 5.05. The lowest BCUT2D eigenvalue weighted by atomic mass is 10.2. The summed E-state index contributed by atoms with van der Waals surface area (Å²) in [6.07, 6.45) is 3.66. The lowest BCUT2D eigenvalue weighted by Crippen LogP contribution is -2.29. The largest absolute Gasteiger partial charge is 0.364 e. The molecule has 8 nitrogen and oxygen atoms in total. The fourth-order valence-corrected chi connectivity index (χ4v) is 1.96. The molecule has 1 aromatic carbocycles. The van der Waals surface area contributed by atoms with Gasteiger partial charge in [0, 0.05) is 12.4 Å². The van der Waals surface area contributed by atoms with E-state index in [-0.39, 0.29) is 24.3 Å². The number of aromatic nitrogens is 5. The van der Waals surface area contributed by atoms with Gasteiger partial charge in [-0.2, -0.15) is 14.8 Å². The first-order chi connectivity index (χ1) is 12.1. The Morgan fingerprint density at radius 2 is 1.96 bits per heavy atom. The van der Waals surface area contributed by atoms with E-state index < -0.39 is 12.0 Å². The SMILES string of the molecule is CC(OCc1ccc(F)cc1)C(=O)Nc1ncnn1-c1ncccn1. The average molecular weight is 342 g/mol. The fourth-order valence-electron chi connectivity index (χ4n) is 1.96. The smallest absolute Gasteiger partial charge is 0.255 e. The zero-order chi connectivity index (χ0) is 17.6. The van der Waals surface area contributed by atoms with E-state index in [1.807, 2.05) is 0 Å². The molecule has 0 saturated carbocycles. The van der Waals surface area contributed by atoms with Gasteiger partial charge in [0.05, 0.1) is 6.61 Å². The molecular formula is C16H15FN6O2. The summed E-state index contributed by atoms with van der Waals surface area (Å²) >= 11 is 0. The molecule has 3 aromatic rings. The topological polar surface area (TPSA) is 94.8 Å². The van der Waals surface area contributed by atoms with Gasteiger partial charge in [0.25, 0.3) is 11.9 Å². The highest BCUT2D eigenvalue weighted by Crippen LogP contribution is 2.10. The van der Waals surface area contributed by atoms with E-state index in [4.69, 9.17) is 4.74 Å². The van der Waals surface area contributed by atoms with E-state index in [2.05, 4.69) is 25.4 Å². The Balaban J connectivity index is 1.60. The maximum absolute atomic E-state index is 12.9. The number of nitrogens with zero attached hydrogens (tertiary/aromatic N) is 5. The second kappa shape index (κ2) is 7.58. The molecule has 25 heavy (non-hydrogen) atoms. The van der Waals surface area contributed by atoms with Crippen LogP contribution in [0.1, 0.15) is 12.5 Å². The summed E-state index contributed by atoms with van der Waals surface area (Å²) < 4.78 is 19.7. The molecule has 0 aliphatic heterocycles. The van der Waals surface area contributed by atoms with Gasteiger partial charge in [-0.05, 0) is 30.7 Å². The minimum atomic E-state index is -0.744. The first-order valence-electron chi connectivity index (χ1n) is 7.48. The molecule has 0 radical (unpaired) electrons. The predicted octanol–water partition coefficient (Wildman–Crippen LogP) is 1.74. The van der Waals surface area contributed by atoms with Crippen molar-refractivity contribution in [3.05, 3.63) is 60.4 Å². The maximum Gasteiger partial charge on any atom is 0.255 e. The summed E-state index contributed by atoms with van der Waals surface area (Å²) in [7, 11) is 0. The maximum atomic E-state index is 12.9. The second-order valence-electron chi connectivity index (χ2n) is 5.11. The number of carbonyl (C=O) groups is 1. The number of halogens is 1. The lowest BCUT2D eigenvalue weighted by molar-refractivity contribution is -0.127. The summed E-state index contributed by atoms with van der Waals surface area (Å²) in [5, 5.41) is 6.61. The zero-order valence-electron chi connectivity index (χ0n) is 13.3. The highest BCUT2D eigenvalue weighted by atomic mass is 19.1. The van der Waals surface area contributed by atoms with E-state index in [1.54, 1.807) is 37.5 Å². The summed E-state index contributed by atoms with van der Waals surface area (Å²) in [5.74, 6) is -0.243. The second-order valence-corrected chi connectivity index (χ2v) is 5.11. The van der Waals surface area contributed by atoms with Crippen molar-refractivity contribution >= 4 is 11.9 Å². The third-order valence-corrected chi connectivity index (χ3v) is 3.31. The fraction of sp³-hybridized carbons (Fsp3) is 0.188. The predicted molar refractivity (Wildman–Crippen MR) is 86.2 cm³/mol. The van der Waals surface area contributed by atoms with Crippen LogP contribution < -0.4 is 5.32 Å². The molecule has 1 atom stereocenters. The molecule has 128 valence electrons. The number of amides is 1.